The van der Waals surface area contributed by atoms with Gasteiger partial charge in [0.05, 0.1) is 12.6 Å². The van der Waals surface area contributed by atoms with Crippen LogP contribution >= 0.6 is 0 Å². The van der Waals surface area contributed by atoms with E-state index in [1.54, 1.807) is 4.52 Å². The fourth-order valence-corrected chi connectivity index (χ4v) is 1.24. The third kappa shape index (κ3) is 1.47. The number of fused-ring (bicyclic) bond motifs is 1. The Kier molecular flexibility index (Phi) is 2.18. The van der Waals surface area contributed by atoms with E-state index < -0.39 is 6.04 Å². The molecule has 2 aromatic heterocycles. The summed E-state index contributed by atoms with van der Waals surface area (Å²) in [5.41, 5.74) is 7.48. The highest BCUT2D eigenvalue weighted by Gasteiger charge is 2.10. The van der Waals surface area contributed by atoms with Gasteiger partial charge in [0, 0.05) is 6.20 Å². The number of hydrogen-bond donors (Lipinski definition) is 2. The van der Waals surface area contributed by atoms with Crippen molar-refractivity contribution in [2.75, 3.05) is 6.61 Å². The van der Waals surface area contributed by atoms with Gasteiger partial charge < -0.3 is 10.8 Å². The van der Waals surface area contributed by atoms with Gasteiger partial charge in [0.15, 0.2) is 11.5 Å². The lowest BCUT2D eigenvalue weighted by Gasteiger charge is -1.99. The van der Waals surface area contributed by atoms with Gasteiger partial charge in [0.2, 0.25) is 0 Å². The molecule has 0 bridgehead atoms. The van der Waals surface area contributed by atoms with Gasteiger partial charge in [-0.15, -0.1) is 5.10 Å². The average molecular weight is 192 g/mol. The Balaban J connectivity index is 2.51. The molecule has 74 valence electrons. The van der Waals surface area contributed by atoms with Gasteiger partial charge in [0.25, 0.3) is 0 Å². The normalized spacial score (nSPS) is 13.4. The highest BCUT2D eigenvalue weighted by Crippen LogP contribution is 2.08. The molecule has 5 heteroatoms. The number of rotatable bonds is 2. The molecule has 5 nitrogen and oxygen atoms in total. The van der Waals surface area contributed by atoms with Crippen LogP contribution in [-0.4, -0.2) is 26.3 Å². The van der Waals surface area contributed by atoms with Crippen molar-refractivity contribution in [3.8, 4) is 0 Å². The summed E-state index contributed by atoms with van der Waals surface area (Å²) in [5.74, 6) is 0.470. The number of aliphatic hydroxyl groups excluding tert-OH is 1. The van der Waals surface area contributed by atoms with Crippen molar-refractivity contribution in [1.29, 1.82) is 0 Å². The number of aryl methyl sites for hydroxylation is 1. The lowest BCUT2D eigenvalue weighted by atomic mass is 10.3. The lowest BCUT2D eigenvalue weighted by molar-refractivity contribution is 0.263. The second-order valence-corrected chi connectivity index (χ2v) is 3.27. The lowest BCUT2D eigenvalue weighted by Crippen LogP contribution is -2.16. The van der Waals surface area contributed by atoms with Crippen LogP contribution in [0.1, 0.15) is 17.4 Å². The summed E-state index contributed by atoms with van der Waals surface area (Å²) in [6.45, 7) is 1.84. The van der Waals surface area contributed by atoms with Crippen molar-refractivity contribution < 1.29 is 5.11 Å². The van der Waals surface area contributed by atoms with E-state index in [4.69, 9.17) is 10.8 Å². The van der Waals surface area contributed by atoms with Gasteiger partial charge in [0.1, 0.15) is 0 Å². The Labute approximate surface area is 81.2 Å². The monoisotopic (exact) mass is 192 g/mol. The zero-order valence-corrected chi connectivity index (χ0v) is 7.88. The SMILES string of the molecule is Cc1ccn2nc(C(N)CO)nc2c1. The van der Waals surface area contributed by atoms with E-state index in [-0.39, 0.29) is 6.61 Å². The first-order valence-electron chi connectivity index (χ1n) is 4.40. The Morgan fingerprint density at radius 2 is 2.43 bits per heavy atom. The standard InChI is InChI=1S/C9H12N4O/c1-6-2-3-13-8(4-6)11-9(12-13)7(10)5-14/h2-4,7,14H,5,10H2,1H3. The second kappa shape index (κ2) is 3.36. The molecule has 0 saturated heterocycles. The van der Waals surface area contributed by atoms with Gasteiger partial charge in [-0.2, -0.15) is 0 Å². The summed E-state index contributed by atoms with van der Waals surface area (Å²) < 4.78 is 1.65. The minimum Gasteiger partial charge on any atom is -0.394 e. The minimum atomic E-state index is -0.504. The van der Waals surface area contributed by atoms with Crippen LogP contribution in [0.3, 0.4) is 0 Å². The van der Waals surface area contributed by atoms with Gasteiger partial charge in [-0.25, -0.2) is 9.50 Å². The van der Waals surface area contributed by atoms with Gasteiger partial charge in [-0.05, 0) is 24.6 Å². The summed E-state index contributed by atoms with van der Waals surface area (Å²) in [6.07, 6.45) is 1.82. The molecule has 0 aromatic carbocycles. The van der Waals surface area contributed by atoms with E-state index >= 15 is 0 Å². The average Bonchev–Trinajstić information content (AvgIpc) is 2.59. The molecule has 14 heavy (non-hydrogen) atoms. The second-order valence-electron chi connectivity index (χ2n) is 3.27. The highest BCUT2D eigenvalue weighted by atomic mass is 16.3. The van der Waals surface area contributed by atoms with Crippen molar-refractivity contribution in [3.05, 3.63) is 29.7 Å². The van der Waals surface area contributed by atoms with E-state index in [0.717, 1.165) is 11.2 Å². The molecule has 0 aliphatic heterocycles. The van der Waals surface area contributed by atoms with Crippen LogP contribution in [0.2, 0.25) is 0 Å². The Bertz CT molecular complexity index is 451. The molecule has 0 aliphatic rings. The molecule has 0 aliphatic carbocycles. The first-order valence-corrected chi connectivity index (χ1v) is 4.40. The molecule has 3 N–H and O–H groups in total. The van der Waals surface area contributed by atoms with Crippen molar-refractivity contribution in [2.24, 2.45) is 5.73 Å². The molecule has 1 atom stereocenters. The topological polar surface area (TPSA) is 76.4 Å². The smallest absolute Gasteiger partial charge is 0.170 e. The molecular formula is C9H12N4O. The van der Waals surface area contributed by atoms with E-state index in [9.17, 15) is 0 Å². The maximum Gasteiger partial charge on any atom is 0.170 e. The number of hydrogen-bond acceptors (Lipinski definition) is 4. The summed E-state index contributed by atoms with van der Waals surface area (Å²) in [5, 5.41) is 13.0. The molecule has 0 saturated carbocycles. The Morgan fingerprint density at radius 1 is 1.64 bits per heavy atom. The predicted octanol–water partition coefficient (Wildman–Crippen LogP) is 0.0298. The van der Waals surface area contributed by atoms with Crippen molar-refractivity contribution in [3.63, 3.8) is 0 Å². The van der Waals surface area contributed by atoms with Crippen molar-refractivity contribution in [1.82, 2.24) is 14.6 Å². The third-order valence-electron chi connectivity index (χ3n) is 2.04. The van der Waals surface area contributed by atoms with Crippen LogP contribution in [-0.2, 0) is 0 Å². The Morgan fingerprint density at radius 3 is 3.14 bits per heavy atom. The maximum atomic E-state index is 8.85. The van der Waals surface area contributed by atoms with Crippen molar-refractivity contribution >= 4 is 5.65 Å². The van der Waals surface area contributed by atoms with E-state index in [1.807, 2.05) is 25.3 Å². The van der Waals surface area contributed by atoms with Crippen LogP contribution < -0.4 is 5.73 Å². The summed E-state index contributed by atoms with van der Waals surface area (Å²) in [7, 11) is 0. The molecule has 0 amide bonds. The number of aliphatic hydroxyl groups is 1. The van der Waals surface area contributed by atoms with Gasteiger partial charge >= 0.3 is 0 Å². The summed E-state index contributed by atoms with van der Waals surface area (Å²) in [6, 6.07) is 3.35. The van der Waals surface area contributed by atoms with Crippen LogP contribution in [0.5, 0.6) is 0 Å². The molecule has 0 radical (unpaired) electrons. The zero-order valence-electron chi connectivity index (χ0n) is 7.88. The van der Waals surface area contributed by atoms with E-state index in [0.29, 0.717) is 5.82 Å². The highest BCUT2D eigenvalue weighted by molar-refractivity contribution is 5.40. The fourth-order valence-electron chi connectivity index (χ4n) is 1.24. The van der Waals surface area contributed by atoms with Gasteiger partial charge in [-0.3, -0.25) is 0 Å². The predicted molar refractivity (Wildman–Crippen MR) is 51.7 cm³/mol. The molecule has 2 rings (SSSR count). The number of pyridine rings is 1. The minimum absolute atomic E-state index is 0.143. The largest absolute Gasteiger partial charge is 0.394 e. The summed E-state index contributed by atoms with van der Waals surface area (Å²) >= 11 is 0. The molecule has 2 aromatic rings. The Hall–Kier alpha value is -1.46. The summed E-state index contributed by atoms with van der Waals surface area (Å²) in [4.78, 5) is 4.21. The molecule has 1 unspecified atom stereocenters. The van der Waals surface area contributed by atoms with Gasteiger partial charge in [-0.1, -0.05) is 0 Å². The molecule has 0 fully saturated rings. The zero-order chi connectivity index (χ0) is 10.1. The maximum absolute atomic E-state index is 8.85. The van der Waals surface area contributed by atoms with E-state index in [2.05, 4.69) is 10.1 Å². The number of nitrogens with zero attached hydrogens (tertiary/aromatic N) is 3. The molecule has 0 spiro atoms. The molecular weight excluding hydrogens is 180 g/mol. The molecule has 2 heterocycles. The quantitative estimate of drug-likeness (QED) is 0.703. The fraction of sp³-hybridized carbons (Fsp3) is 0.333. The number of aromatic nitrogens is 3. The van der Waals surface area contributed by atoms with Crippen molar-refractivity contribution in [2.45, 2.75) is 13.0 Å². The van der Waals surface area contributed by atoms with Crippen LogP contribution in [0.15, 0.2) is 18.3 Å². The van der Waals surface area contributed by atoms with Crippen LogP contribution in [0, 0.1) is 6.92 Å². The first-order chi connectivity index (χ1) is 6.70. The van der Waals surface area contributed by atoms with Crippen LogP contribution in [0.25, 0.3) is 5.65 Å². The van der Waals surface area contributed by atoms with Crippen LogP contribution in [0.4, 0.5) is 0 Å². The third-order valence-corrected chi connectivity index (χ3v) is 2.04. The van der Waals surface area contributed by atoms with E-state index in [1.165, 1.54) is 0 Å². The first kappa shape index (κ1) is 9.11. The number of nitrogens with two attached hydrogens (primary N) is 1.